The number of benzene rings is 1. The highest BCUT2D eigenvalue weighted by molar-refractivity contribution is 5.54. The first-order chi connectivity index (χ1) is 10.3. The van der Waals surface area contributed by atoms with Crippen LogP contribution in [0.2, 0.25) is 0 Å². The predicted octanol–water partition coefficient (Wildman–Crippen LogP) is 3.01. The normalized spacial score (nSPS) is 18.8. The molecule has 21 heavy (non-hydrogen) atoms. The summed E-state index contributed by atoms with van der Waals surface area (Å²) in [7, 11) is 1.64. The maximum atomic E-state index is 6.00. The number of hydrogen-bond donors (Lipinski definition) is 1. The third-order valence-electron chi connectivity index (χ3n) is 4.11. The van der Waals surface area contributed by atoms with Gasteiger partial charge < -0.3 is 10.5 Å². The van der Waals surface area contributed by atoms with E-state index >= 15 is 0 Å². The Kier molecular flexibility index (Phi) is 4.06. The highest BCUT2D eigenvalue weighted by Gasteiger charge is 2.26. The molecule has 3 rings (SSSR count). The second-order valence-corrected chi connectivity index (χ2v) is 5.49. The van der Waals surface area contributed by atoms with Gasteiger partial charge in [-0.25, -0.2) is 0 Å². The lowest BCUT2D eigenvalue weighted by molar-refractivity contribution is 0.248. The molecule has 1 aliphatic heterocycles. The number of rotatable bonds is 4. The maximum Gasteiger partial charge on any atom is 0.141 e. The van der Waals surface area contributed by atoms with Crippen molar-refractivity contribution < 1.29 is 4.74 Å². The van der Waals surface area contributed by atoms with Crippen LogP contribution in [0, 0.1) is 0 Å². The van der Waals surface area contributed by atoms with Crippen LogP contribution in [-0.2, 0) is 6.54 Å². The number of nitrogen functional groups attached to an aromatic ring is 1. The van der Waals surface area contributed by atoms with Gasteiger partial charge in [0.2, 0.25) is 0 Å². The van der Waals surface area contributed by atoms with E-state index in [1.165, 1.54) is 24.0 Å². The van der Waals surface area contributed by atoms with E-state index in [1.807, 2.05) is 30.6 Å². The highest BCUT2D eigenvalue weighted by atomic mass is 16.5. The number of likely N-dealkylation sites (tertiary alicyclic amines) is 1. The summed E-state index contributed by atoms with van der Waals surface area (Å²) >= 11 is 0. The van der Waals surface area contributed by atoms with Crippen LogP contribution in [0.1, 0.15) is 30.0 Å². The fourth-order valence-electron chi connectivity index (χ4n) is 3.08. The number of pyridine rings is 1. The number of hydrogen-bond acceptors (Lipinski definition) is 4. The van der Waals surface area contributed by atoms with E-state index in [9.17, 15) is 0 Å². The average Bonchev–Trinajstić information content (AvgIpc) is 2.96. The zero-order valence-corrected chi connectivity index (χ0v) is 12.3. The molecule has 0 aliphatic carbocycles. The highest BCUT2D eigenvalue weighted by Crippen LogP contribution is 2.33. The van der Waals surface area contributed by atoms with Gasteiger partial charge in [-0.15, -0.1) is 0 Å². The van der Waals surface area contributed by atoms with Gasteiger partial charge in [0.05, 0.1) is 12.8 Å². The van der Waals surface area contributed by atoms with Crippen LogP contribution in [0.4, 0.5) is 5.69 Å². The van der Waals surface area contributed by atoms with Gasteiger partial charge in [0.25, 0.3) is 0 Å². The van der Waals surface area contributed by atoms with Gasteiger partial charge in [-0.05, 0) is 48.7 Å². The number of aromatic nitrogens is 1. The summed E-state index contributed by atoms with van der Waals surface area (Å²) < 4.78 is 5.21. The van der Waals surface area contributed by atoms with E-state index in [1.54, 1.807) is 7.11 Å². The Balaban J connectivity index is 1.76. The van der Waals surface area contributed by atoms with Crippen LogP contribution >= 0.6 is 0 Å². The topological polar surface area (TPSA) is 51.4 Å². The molecule has 0 bridgehead atoms. The van der Waals surface area contributed by atoms with Gasteiger partial charge in [-0.3, -0.25) is 9.88 Å². The molecule has 0 amide bonds. The zero-order valence-electron chi connectivity index (χ0n) is 12.3. The van der Waals surface area contributed by atoms with Crippen molar-refractivity contribution in [1.29, 1.82) is 0 Å². The minimum atomic E-state index is 0.460. The quantitative estimate of drug-likeness (QED) is 0.876. The van der Waals surface area contributed by atoms with E-state index in [4.69, 9.17) is 10.5 Å². The average molecular weight is 283 g/mol. The minimum absolute atomic E-state index is 0.460. The van der Waals surface area contributed by atoms with Crippen molar-refractivity contribution in [1.82, 2.24) is 9.88 Å². The van der Waals surface area contributed by atoms with E-state index in [2.05, 4.69) is 22.0 Å². The summed E-state index contributed by atoms with van der Waals surface area (Å²) in [5.74, 6) is 0.740. The summed E-state index contributed by atoms with van der Waals surface area (Å²) in [4.78, 5) is 6.74. The number of anilines is 1. The molecule has 2 N–H and O–H groups in total. The molecule has 1 atom stereocenters. The molecule has 110 valence electrons. The predicted molar refractivity (Wildman–Crippen MR) is 84.0 cm³/mol. The molecule has 1 aromatic heterocycles. The van der Waals surface area contributed by atoms with Gasteiger partial charge in [-0.1, -0.05) is 12.1 Å². The molecule has 0 radical (unpaired) electrons. The standard InChI is InChI=1S/C17H21N3O/c1-21-17-7-6-13(10-15(17)18)12-20-9-3-5-16(20)14-4-2-8-19-11-14/h2,4,6-8,10-11,16H,3,5,9,12,18H2,1H3. The van der Waals surface area contributed by atoms with Crippen LogP contribution in [0.25, 0.3) is 0 Å². The van der Waals surface area contributed by atoms with Gasteiger partial charge in [0.15, 0.2) is 0 Å². The van der Waals surface area contributed by atoms with Crippen LogP contribution in [0.3, 0.4) is 0 Å². The monoisotopic (exact) mass is 283 g/mol. The van der Waals surface area contributed by atoms with E-state index < -0.39 is 0 Å². The van der Waals surface area contributed by atoms with Crippen molar-refractivity contribution in [2.24, 2.45) is 0 Å². The Labute approximate surface area is 125 Å². The lowest BCUT2D eigenvalue weighted by Gasteiger charge is -2.24. The lowest BCUT2D eigenvalue weighted by Crippen LogP contribution is -2.22. The van der Waals surface area contributed by atoms with Crippen molar-refractivity contribution in [3.05, 3.63) is 53.9 Å². The largest absolute Gasteiger partial charge is 0.495 e. The first-order valence-electron chi connectivity index (χ1n) is 7.34. The molecule has 1 aliphatic rings. The van der Waals surface area contributed by atoms with E-state index in [0.717, 1.165) is 18.8 Å². The number of nitrogens with two attached hydrogens (primary N) is 1. The summed E-state index contributed by atoms with van der Waals surface area (Å²) in [6.45, 7) is 2.03. The van der Waals surface area contributed by atoms with Crippen molar-refractivity contribution in [3.8, 4) is 5.75 Å². The Morgan fingerprint density at radius 2 is 2.29 bits per heavy atom. The number of ether oxygens (including phenoxy) is 1. The van der Waals surface area contributed by atoms with Crippen LogP contribution in [-0.4, -0.2) is 23.5 Å². The molecule has 4 nitrogen and oxygen atoms in total. The summed E-state index contributed by atoms with van der Waals surface area (Å²) in [5, 5.41) is 0. The second kappa shape index (κ2) is 6.14. The summed E-state index contributed by atoms with van der Waals surface area (Å²) in [6.07, 6.45) is 6.22. The molecule has 2 heterocycles. The van der Waals surface area contributed by atoms with Gasteiger partial charge in [0, 0.05) is 25.0 Å². The summed E-state index contributed by atoms with van der Waals surface area (Å²) in [6, 6.07) is 10.7. The third-order valence-corrected chi connectivity index (χ3v) is 4.11. The smallest absolute Gasteiger partial charge is 0.141 e. The fraction of sp³-hybridized carbons (Fsp3) is 0.353. The van der Waals surface area contributed by atoms with Crippen molar-refractivity contribution in [2.45, 2.75) is 25.4 Å². The fourth-order valence-corrected chi connectivity index (χ4v) is 3.08. The zero-order chi connectivity index (χ0) is 14.7. The molecule has 0 saturated carbocycles. The van der Waals surface area contributed by atoms with E-state index in [-0.39, 0.29) is 0 Å². The molecule has 1 fully saturated rings. The Morgan fingerprint density at radius 3 is 3.00 bits per heavy atom. The Morgan fingerprint density at radius 1 is 1.38 bits per heavy atom. The van der Waals surface area contributed by atoms with Gasteiger partial charge >= 0.3 is 0 Å². The van der Waals surface area contributed by atoms with Gasteiger partial charge in [-0.2, -0.15) is 0 Å². The van der Waals surface area contributed by atoms with Crippen molar-refractivity contribution in [2.75, 3.05) is 19.4 Å². The van der Waals surface area contributed by atoms with Crippen LogP contribution < -0.4 is 10.5 Å². The molecular weight excluding hydrogens is 262 g/mol. The molecular formula is C17H21N3O. The molecule has 4 heteroatoms. The molecule has 1 unspecified atom stereocenters. The number of nitrogens with zero attached hydrogens (tertiary/aromatic N) is 2. The van der Waals surface area contributed by atoms with Gasteiger partial charge in [0.1, 0.15) is 5.75 Å². The molecule has 0 spiro atoms. The lowest BCUT2D eigenvalue weighted by atomic mass is 10.1. The van der Waals surface area contributed by atoms with Crippen molar-refractivity contribution in [3.63, 3.8) is 0 Å². The molecule has 1 aromatic carbocycles. The third kappa shape index (κ3) is 3.00. The second-order valence-electron chi connectivity index (χ2n) is 5.49. The first kappa shape index (κ1) is 13.9. The SMILES string of the molecule is COc1ccc(CN2CCCC2c2cccnc2)cc1N. The van der Waals surface area contributed by atoms with Crippen molar-refractivity contribution >= 4 is 5.69 Å². The Hall–Kier alpha value is -2.07. The summed E-state index contributed by atoms with van der Waals surface area (Å²) in [5.41, 5.74) is 9.23. The first-order valence-corrected chi connectivity index (χ1v) is 7.34. The minimum Gasteiger partial charge on any atom is -0.495 e. The van der Waals surface area contributed by atoms with Crippen LogP contribution in [0.15, 0.2) is 42.7 Å². The molecule has 1 saturated heterocycles. The van der Waals surface area contributed by atoms with Crippen LogP contribution in [0.5, 0.6) is 5.75 Å². The van der Waals surface area contributed by atoms with E-state index in [0.29, 0.717) is 11.7 Å². The molecule has 2 aromatic rings. The maximum absolute atomic E-state index is 6.00. The number of methoxy groups -OCH3 is 1. The Bertz CT molecular complexity index is 600.